The summed E-state index contributed by atoms with van der Waals surface area (Å²) in [6, 6.07) is 7.47. The molecule has 3 aromatic rings. The van der Waals surface area contributed by atoms with E-state index in [-0.39, 0.29) is 17.9 Å². The Morgan fingerprint density at radius 1 is 1.03 bits per heavy atom. The topological polar surface area (TPSA) is 50.3 Å². The van der Waals surface area contributed by atoms with Crippen molar-refractivity contribution in [2.45, 2.75) is 23.0 Å². The number of anilines is 1. The summed E-state index contributed by atoms with van der Waals surface area (Å²) < 4.78 is 67.2. The van der Waals surface area contributed by atoms with Crippen LogP contribution in [0.3, 0.4) is 0 Å². The molecule has 0 amide bonds. The summed E-state index contributed by atoms with van der Waals surface area (Å²) >= 11 is 7.07. The third-order valence-electron chi connectivity index (χ3n) is 5.06. The number of hydrogen-bond acceptors (Lipinski definition) is 5. The lowest BCUT2D eigenvalue weighted by Crippen LogP contribution is -2.39. The highest BCUT2D eigenvalue weighted by molar-refractivity contribution is 7.92. The lowest BCUT2D eigenvalue weighted by atomic mass is 10.1. The zero-order valence-electron chi connectivity index (χ0n) is 15.5. The Bertz CT molecular complexity index is 1170. The molecule has 0 saturated carbocycles. The van der Waals surface area contributed by atoms with E-state index in [1.165, 1.54) is 23.5 Å². The molecule has 0 N–H and O–H groups in total. The van der Waals surface area contributed by atoms with E-state index in [2.05, 4.69) is 4.98 Å². The van der Waals surface area contributed by atoms with Crippen molar-refractivity contribution in [2.75, 3.05) is 18.0 Å². The van der Waals surface area contributed by atoms with Crippen molar-refractivity contribution in [3.8, 4) is 11.3 Å². The molecule has 0 radical (unpaired) electrons. The van der Waals surface area contributed by atoms with Gasteiger partial charge in [-0.1, -0.05) is 23.7 Å². The molecule has 0 aliphatic carbocycles. The molecule has 30 heavy (non-hydrogen) atoms. The van der Waals surface area contributed by atoms with E-state index in [1.54, 1.807) is 11.4 Å². The van der Waals surface area contributed by atoms with Gasteiger partial charge in [-0.2, -0.15) is 0 Å². The first-order valence-electron chi connectivity index (χ1n) is 9.11. The van der Waals surface area contributed by atoms with Crippen LogP contribution in [0.2, 0.25) is 5.02 Å². The number of halogens is 4. The van der Waals surface area contributed by atoms with Gasteiger partial charge in [0.25, 0.3) is 0 Å². The zero-order chi connectivity index (χ0) is 21.5. The second-order valence-corrected chi connectivity index (χ2v) is 10.3. The molecule has 1 aromatic heterocycles. The summed E-state index contributed by atoms with van der Waals surface area (Å²) in [5.74, 6) is -2.68. The molecular formula is C20H16ClF3N2O2S2. The van der Waals surface area contributed by atoms with E-state index >= 15 is 0 Å². The van der Waals surface area contributed by atoms with Gasteiger partial charge in [0.05, 0.1) is 16.0 Å². The van der Waals surface area contributed by atoms with Crippen molar-refractivity contribution in [2.24, 2.45) is 0 Å². The normalized spacial score (nSPS) is 15.5. The van der Waals surface area contributed by atoms with Crippen LogP contribution < -0.4 is 4.90 Å². The van der Waals surface area contributed by atoms with Crippen LogP contribution in [-0.4, -0.2) is 31.7 Å². The number of aromatic nitrogens is 1. The van der Waals surface area contributed by atoms with E-state index in [0.29, 0.717) is 29.5 Å². The highest BCUT2D eigenvalue weighted by atomic mass is 35.5. The molecule has 4 rings (SSSR count). The van der Waals surface area contributed by atoms with E-state index in [9.17, 15) is 21.6 Å². The molecule has 0 atom stereocenters. The van der Waals surface area contributed by atoms with Crippen molar-refractivity contribution in [3.05, 3.63) is 64.3 Å². The van der Waals surface area contributed by atoms with Crippen LogP contribution in [0.4, 0.5) is 18.3 Å². The van der Waals surface area contributed by atoms with E-state index < -0.39 is 37.4 Å². The number of nitrogens with zero attached hydrogens (tertiary/aromatic N) is 2. The van der Waals surface area contributed by atoms with E-state index in [1.807, 2.05) is 4.90 Å². The highest BCUT2D eigenvalue weighted by Crippen LogP contribution is 2.33. The molecule has 1 aliphatic rings. The molecular weight excluding hydrogens is 457 g/mol. The maximum atomic E-state index is 14.0. The van der Waals surface area contributed by atoms with Gasteiger partial charge in [0.1, 0.15) is 22.3 Å². The van der Waals surface area contributed by atoms with Crippen molar-refractivity contribution in [1.82, 2.24) is 4.98 Å². The smallest absolute Gasteiger partial charge is 0.187 e. The standard InChI is InChI=1S/C20H16ClF3N2O2S2/c21-14-5-4-12(10-17(14)24)18-11-29-20(25-18)26-8-6-13(7-9-26)30(27,28)19-15(22)2-1-3-16(19)23/h1-5,10-11,13H,6-9H2. The van der Waals surface area contributed by atoms with Gasteiger partial charge in [0.2, 0.25) is 0 Å². The maximum absolute atomic E-state index is 14.0. The average Bonchev–Trinajstić information content (AvgIpc) is 3.20. The average molecular weight is 473 g/mol. The van der Waals surface area contributed by atoms with Gasteiger partial charge in [-0.3, -0.25) is 0 Å². The third-order valence-corrected chi connectivity index (χ3v) is 8.58. The minimum absolute atomic E-state index is 0.0313. The third kappa shape index (κ3) is 3.93. The molecule has 4 nitrogen and oxygen atoms in total. The minimum atomic E-state index is -4.12. The lowest BCUT2D eigenvalue weighted by molar-refractivity contribution is 0.497. The summed E-state index contributed by atoms with van der Waals surface area (Å²) in [7, 11) is -4.12. The second kappa shape index (κ2) is 8.20. The molecule has 1 fully saturated rings. The fourth-order valence-corrected chi connectivity index (χ4v) is 6.33. The second-order valence-electron chi connectivity index (χ2n) is 6.93. The summed E-state index contributed by atoms with van der Waals surface area (Å²) in [5.41, 5.74) is 1.18. The molecule has 2 aromatic carbocycles. The largest absolute Gasteiger partial charge is 0.348 e. The summed E-state index contributed by atoms with van der Waals surface area (Å²) in [5, 5.41) is 1.62. The van der Waals surface area contributed by atoms with Crippen LogP contribution in [-0.2, 0) is 9.84 Å². The zero-order valence-corrected chi connectivity index (χ0v) is 17.9. The molecule has 0 bridgehead atoms. The van der Waals surface area contributed by atoms with Gasteiger partial charge in [-0.15, -0.1) is 11.3 Å². The first kappa shape index (κ1) is 21.1. The monoisotopic (exact) mass is 472 g/mol. The summed E-state index contributed by atoms with van der Waals surface area (Å²) in [6.45, 7) is 0.754. The van der Waals surface area contributed by atoms with Gasteiger partial charge in [0.15, 0.2) is 15.0 Å². The molecule has 1 aliphatic heterocycles. The number of benzene rings is 2. The first-order valence-corrected chi connectivity index (χ1v) is 11.9. The first-order chi connectivity index (χ1) is 14.3. The van der Waals surface area contributed by atoms with Crippen molar-refractivity contribution in [1.29, 1.82) is 0 Å². The Kier molecular flexibility index (Phi) is 5.78. The van der Waals surface area contributed by atoms with Crippen LogP contribution in [0.1, 0.15) is 12.8 Å². The Hall–Kier alpha value is -2.10. The van der Waals surface area contributed by atoms with Crippen LogP contribution in [0.15, 0.2) is 46.7 Å². The van der Waals surface area contributed by atoms with Crippen LogP contribution in [0.25, 0.3) is 11.3 Å². The summed E-state index contributed by atoms with van der Waals surface area (Å²) in [4.78, 5) is 5.58. The van der Waals surface area contributed by atoms with Gasteiger partial charge in [0, 0.05) is 24.0 Å². The number of hydrogen-bond donors (Lipinski definition) is 0. The minimum Gasteiger partial charge on any atom is -0.348 e. The molecule has 158 valence electrons. The lowest BCUT2D eigenvalue weighted by Gasteiger charge is -2.31. The number of rotatable bonds is 4. The van der Waals surface area contributed by atoms with Gasteiger partial charge in [-0.25, -0.2) is 26.6 Å². The number of sulfone groups is 1. The van der Waals surface area contributed by atoms with Crippen molar-refractivity contribution in [3.63, 3.8) is 0 Å². The fraction of sp³-hybridized carbons (Fsp3) is 0.250. The molecule has 2 heterocycles. The van der Waals surface area contributed by atoms with Crippen LogP contribution in [0, 0.1) is 17.5 Å². The number of piperidine rings is 1. The van der Waals surface area contributed by atoms with E-state index in [0.717, 1.165) is 18.2 Å². The van der Waals surface area contributed by atoms with Crippen LogP contribution >= 0.6 is 22.9 Å². The Morgan fingerprint density at radius 2 is 1.70 bits per heavy atom. The SMILES string of the molecule is O=S(=O)(c1c(F)cccc1F)C1CCN(c2nc(-c3ccc(Cl)c(F)c3)cs2)CC1. The predicted octanol–water partition coefficient (Wildman–Crippen LogP) is 5.32. The summed E-state index contributed by atoms with van der Waals surface area (Å²) in [6.07, 6.45) is 0.446. The Morgan fingerprint density at radius 3 is 2.33 bits per heavy atom. The molecule has 1 saturated heterocycles. The van der Waals surface area contributed by atoms with E-state index in [4.69, 9.17) is 11.6 Å². The van der Waals surface area contributed by atoms with Crippen molar-refractivity contribution < 1.29 is 21.6 Å². The van der Waals surface area contributed by atoms with Gasteiger partial charge < -0.3 is 4.90 Å². The quantitative estimate of drug-likeness (QED) is 0.515. The molecule has 10 heteroatoms. The Labute approximate surface area is 180 Å². The highest BCUT2D eigenvalue weighted by Gasteiger charge is 2.35. The van der Waals surface area contributed by atoms with Crippen molar-refractivity contribution >= 4 is 37.9 Å². The molecule has 0 unspecified atom stereocenters. The Balaban J connectivity index is 1.49. The van der Waals surface area contributed by atoms with Gasteiger partial charge >= 0.3 is 0 Å². The van der Waals surface area contributed by atoms with Crippen LogP contribution in [0.5, 0.6) is 0 Å². The number of thiazole rings is 1. The maximum Gasteiger partial charge on any atom is 0.187 e. The predicted molar refractivity (Wildman–Crippen MR) is 111 cm³/mol. The van der Waals surface area contributed by atoms with Gasteiger partial charge in [-0.05, 0) is 37.1 Å². The molecule has 0 spiro atoms. The fourth-order valence-electron chi connectivity index (χ4n) is 3.48.